The molecule has 29 heavy (non-hydrogen) atoms. The van der Waals surface area contributed by atoms with E-state index in [2.05, 4.69) is 4.98 Å². The average Bonchev–Trinajstić information content (AvgIpc) is 3.13. The molecule has 3 rings (SSSR count). The Morgan fingerprint density at radius 1 is 1.03 bits per heavy atom. The Bertz CT molecular complexity index is 1080. The van der Waals surface area contributed by atoms with Crippen molar-refractivity contribution in [3.8, 4) is 0 Å². The number of rotatable bonds is 5. The third kappa shape index (κ3) is 3.31. The van der Waals surface area contributed by atoms with Gasteiger partial charge in [-0.15, -0.1) is 0 Å². The van der Waals surface area contributed by atoms with Crippen LogP contribution in [0.1, 0.15) is 63.2 Å². The predicted molar refractivity (Wildman–Crippen MR) is 99.1 cm³/mol. The number of Topliss-reactive ketones (excluding diaryl/α,β-unsaturated/α-hetero) is 1. The number of hydrogen-bond donors (Lipinski definition) is 1. The maximum absolute atomic E-state index is 12.4. The van der Waals surface area contributed by atoms with Crippen LogP contribution in [0, 0.1) is 13.8 Å². The molecule has 9 heteroatoms. The highest BCUT2D eigenvalue weighted by Gasteiger charge is 2.33. The number of aryl methyl sites for hydroxylation is 1. The number of hydrogen-bond acceptors (Lipinski definition) is 7. The van der Waals surface area contributed by atoms with Crippen LogP contribution >= 0.6 is 0 Å². The van der Waals surface area contributed by atoms with Gasteiger partial charge in [0.15, 0.2) is 6.61 Å². The third-order valence-electron chi connectivity index (χ3n) is 4.77. The molecule has 2 aromatic rings. The molecule has 1 N–H and O–H groups in total. The number of H-pyrrole nitrogens is 1. The number of esters is 2. The van der Waals surface area contributed by atoms with E-state index in [1.54, 1.807) is 13.8 Å². The number of carbonyl (C=O) groups is 5. The molecule has 1 aromatic carbocycles. The summed E-state index contributed by atoms with van der Waals surface area (Å²) in [4.78, 5) is 64.3. The lowest BCUT2D eigenvalue weighted by Crippen LogP contribution is -2.24. The lowest BCUT2D eigenvalue weighted by atomic mass is 10.1. The van der Waals surface area contributed by atoms with Crippen molar-refractivity contribution >= 4 is 29.5 Å². The van der Waals surface area contributed by atoms with E-state index in [4.69, 9.17) is 9.47 Å². The van der Waals surface area contributed by atoms with Crippen LogP contribution < -0.4 is 0 Å². The number of nitrogens with one attached hydrogen (secondary N) is 1. The highest BCUT2D eigenvalue weighted by molar-refractivity contribution is 6.21. The molecule has 2 heterocycles. The molecular formula is C20H18N2O7. The summed E-state index contributed by atoms with van der Waals surface area (Å²) < 4.78 is 9.75. The van der Waals surface area contributed by atoms with Crippen LogP contribution in [0.4, 0.5) is 0 Å². The summed E-state index contributed by atoms with van der Waals surface area (Å²) in [6, 6.07) is 4.00. The van der Waals surface area contributed by atoms with Crippen LogP contribution in [0.25, 0.3) is 0 Å². The van der Waals surface area contributed by atoms with Crippen LogP contribution in [0.15, 0.2) is 18.2 Å². The monoisotopic (exact) mass is 398 g/mol. The third-order valence-corrected chi connectivity index (χ3v) is 4.77. The van der Waals surface area contributed by atoms with Crippen molar-refractivity contribution in [3.63, 3.8) is 0 Å². The minimum Gasteiger partial charge on any atom is -0.465 e. The van der Waals surface area contributed by atoms with Crippen LogP contribution in [0.2, 0.25) is 0 Å². The fourth-order valence-electron chi connectivity index (χ4n) is 3.21. The minimum absolute atomic E-state index is 0.0441. The molecule has 1 aliphatic heterocycles. The molecule has 0 radical (unpaired) electrons. The first-order valence-corrected chi connectivity index (χ1v) is 8.61. The molecule has 0 unspecified atom stereocenters. The molecule has 9 nitrogen and oxygen atoms in total. The number of aromatic nitrogens is 1. The molecule has 0 saturated carbocycles. The van der Waals surface area contributed by atoms with Crippen molar-refractivity contribution in [3.05, 3.63) is 57.4 Å². The Balaban J connectivity index is 1.74. The van der Waals surface area contributed by atoms with E-state index in [-0.39, 0.29) is 27.9 Å². The largest absolute Gasteiger partial charge is 0.465 e. The van der Waals surface area contributed by atoms with Crippen LogP contribution in [-0.4, -0.2) is 60.2 Å². The summed E-state index contributed by atoms with van der Waals surface area (Å²) >= 11 is 0. The quantitative estimate of drug-likeness (QED) is 0.462. The van der Waals surface area contributed by atoms with Gasteiger partial charge in [-0.2, -0.15) is 0 Å². The molecular weight excluding hydrogens is 380 g/mol. The van der Waals surface area contributed by atoms with Crippen molar-refractivity contribution in [2.45, 2.75) is 13.8 Å². The van der Waals surface area contributed by atoms with Gasteiger partial charge in [0, 0.05) is 12.7 Å². The van der Waals surface area contributed by atoms with E-state index in [0.717, 1.165) is 4.90 Å². The SMILES string of the molecule is COC(=O)c1c(C)[nH]c(C(=O)COC(=O)c2ccc3c(c2)C(=O)N(C)C3=O)c1C. The molecule has 0 bridgehead atoms. The Kier molecular flexibility index (Phi) is 5.06. The number of imide groups is 1. The van der Waals surface area contributed by atoms with Gasteiger partial charge in [-0.05, 0) is 37.6 Å². The van der Waals surface area contributed by atoms with Crippen LogP contribution in [0.5, 0.6) is 0 Å². The van der Waals surface area contributed by atoms with Gasteiger partial charge < -0.3 is 14.5 Å². The lowest BCUT2D eigenvalue weighted by molar-refractivity contribution is 0.0473. The first-order chi connectivity index (χ1) is 13.7. The van der Waals surface area contributed by atoms with Gasteiger partial charge in [0.1, 0.15) is 0 Å². The van der Waals surface area contributed by atoms with Crippen LogP contribution in [-0.2, 0) is 9.47 Å². The molecule has 0 fully saturated rings. The zero-order valence-electron chi connectivity index (χ0n) is 16.2. The Morgan fingerprint density at radius 2 is 1.69 bits per heavy atom. The van der Waals surface area contributed by atoms with Gasteiger partial charge >= 0.3 is 11.9 Å². The maximum atomic E-state index is 12.4. The zero-order chi connectivity index (χ0) is 21.5. The summed E-state index contributed by atoms with van der Waals surface area (Å²) in [6.45, 7) is 2.65. The molecule has 0 atom stereocenters. The highest BCUT2D eigenvalue weighted by atomic mass is 16.5. The number of nitrogens with zero attached hydrogens (tertiary/aromatic N) is 1. The molecule has 150 valence electrons. The predicted octanol–water partition coefficient (Wildman–Crippen LogP) is 1.68. The normalized spacial score (nSPS) is 12.8. The van der Waals surface area contributed by atoms with Gasteiger partial charge in [-0.25, -0.2) is 9.59 Å². The topological polar surface area (TPSA) is 123 Å². The highest BCUT2D eigenvalue weighted by Crippen LogP contribution is 2.23. The second-order valence-corrected chi connectivity index (χ2v) is 6.55. The van der Waals surface area contributed by atoms with Gasteiger partial charge in [-0.3, -0.25) is 19.3 Å². The number of ketones is 1. The summed E-state index contributed by atoms with van der Waals surface area (Å²) in [5, 5.41) is 0. The Labute approximate surface area is 165 Å². The second kappa shape index (κ2) is 7.34. The summed E-state index contributed by atoms with van der Waals surface area (Å²) in [5.74, 6) is -2.87. The van der Waals surface area contributed by atoms with Gasteiger partial charge in [0.25, 0.3) is 11.8 Å². The number of methoxy groups -OCH3 is 1. The first-order valence-electron chi connectivity index (χ1n) is 8.61. The average molecular weight is 398 g/mol. The summed E-state index contributed by atoms with van der Waals surface area (Å²) in [5.41, 5.74) is 1.63. The Hall–Kier alpha value is -3.75. The van der Waals surface area contributed by atoms with Gasteiger partial charge in [0.2, 0.25) is 5.78 Å². The minimum atomic E-state index is -0.815. The fourth-order valence-corrected chi connectivity index (χ4v) is 3.21. The van der Waals surface area contributed by atoms with Gasteiger partial charge in [-0.1, -0.05) is 0 Å². The number of benzene rings is 1. The van der Waals surface area contributed by atoms with E-state index in [0.29, 0.717) is 11.3 Å². The van der Waals surface area contributed by atoms with Crippen molar-refractivity contribution in [2.24, 2.45) is 0 Å². The summed E-state index contributed by atoms with van der Waals surface area (Å²) in [6.07, 6.45) is 0. The van der Waals surface area contributed by atoms with E-state index in [1.165, 1.54) is 32.4 Å². The molecule has 0 aliphatic carbocycles. The molecule has 2 amide bonds. The standard InChI is InChI=1S/C20H18N2O7/c1-9-15(20(27)28-4)10(2)21-16(9)14(23)8-29-19(26)11-5-6-12-13(7-11)18(25)22(3)17(12)24/h5-7,21H,8H2,1-4H3. The number of ether oxygens (including phenoxy) is 2. The zero-order valence-corrected chi connectivity index (χ0v) is 16.2. The van der Waals surface area contributed by atoms with E-state index in [1.807, 2.05) is 0 Å². The molecule has 0 saturated heterocycles. The smallest absolute Gasteiger partial charge is 0.339 e. The summed E-state index contributed by atoms with van der Waals surface area (Å²) in [7, 11) is 2.59. The Morgan fingerprint density at radius 3 is 2.34 bits per heavy atom. The van der Waals surface area contributed by atoms with Gasteiger partial charge in [0.05, 0.1) is 35.1 Å². The second-order valence-electron chi connectivity index (χ2n) is 6.55. The van der Waals surface area contributed by atoms with E-state index in [9.17, 15) is 24.0 Å². The number of aromatic amines is 1. The number of amides is 2. The van der Waals surface area contributed by atoms with Crippen molar-refractivity contribution in [1.29, 1.82) is 0 Å². The molecule has 1 aromatic heterocycles. The fraction of sp³-hybridized carbons (Fsp3) is 0.250. The molecule has 0 spiro atoms. The first kappa shape index (κ1) is 20.0. The maximum Gasteiger partial charge on any atom is 0.339 e. The van der Waals surface area contributed by atoms with E-state index >= 15 is 0 Å². The number of fused-ring (bicyclic) bond motifs is 1. The van der Waals surface area contributed by atoms with Crippen molar-refractivity contribution in [2.75, 3.05) is 20.8 Å². The lowest BCUT2D eigenvalue weighted by Gasteiger charge is -2.05. The molecule has 1 aliphatic rings. The van der Waals surface area contributed by atoms with E-state index < -0.39 is 36.1 Å². The van der Waals surface area contributed by atoms with Crippen molar-refractivity contribution in [1.82, 2.24) is 9.88 Å². The number of carbonyl (C=O) groups excluding carboxylic acids is 5. The van der Waals surface area contributed by atoms with Crippen molar-refractivity contribution < 1.29 is 33.4 Å². The van der Waals surface area contributed by atoms with Crippen LogP contribution in [0.3, 0.4) is 0 Å².